The molecule has 0 aromatic carbocycles. The van der Waals surface area contributed by atoms with Crippen LogP contribution in [0.3, 0.4) is 0 Å². The van der Waals surface area contributed by atoms with Gasteiger partial charge in [0.25, 0.3) is 5.91 Å². The van der Waals surface area contributed by atoms with E-state index < -0.39 is 0 Å². The fraction of sp³-hybridized carbons (Fsp3) is 0.700. The van der Waals surface area contributed by atoms with Gasteiger partial charge < -0.3 is 5.32 Å². The first-order chi connectivity index (χ1) is 7.24. The predicted molar refractivity (Wildman–Crippen MR) is 57.5 cm³/mol. The van der Waals surface area contributed by atoms with E-state index in [0.717, 1.165) is 12.8 Å². The van der Waals surface area contributed by atoms with Gasteiger partial charge in [0.15, 0.2) is 5.69 Å². The second kappa shape index (κ2) is 6.16. The van der Waals surface area contributed by atoms with Crippen LogP contribution in [0, 0.1) is 0 Å². The lowest BCUT2D eigenvalue weighted by Crippen LogP contribution is -2.32. The molecule has 0 saturated carbocycles. The molecule has 0 spiro atoms. The predicted octanol–water partition coefficient (Wildman–Crippen LogP) is 1.50. The fourth-order valence-corrected chi connectivity index (χ4v) is 1.38. The maximum absolute atomic E-state index is 11.5. The van der Waals surface area contributed by atoms with Gasteiger partial charge in [0.2, 0.25) is 0 Å². The highest BCUT2D eigenvalue weighted by Crippen LogP contribution is 2.03. The number of aromatic nitrogens is 3. The van der Waals surface area contributed by atoms with E-state index in [4.69, 9.17) is 0 Å². The highest BCUT2D eigenvalue weighted by atomic mass is 16.2. The summed E-state index contributed by atoms with van der Waals surface area (Å²) in [6.07, 6.45) is 6.00. The number of carbonyl (C=O) groups excluding carboxylic acids is 1. The van der Waals surface area contributed by atoms with Gasteiger partial charge in [0.05, 0.1) is 6.20 Å². The minimum absolute atomic E-state index is 0.159. The maximum atomic E-state index is 11.5. The van der Waals surface area contributed by atoms with Crippen molar-refractivity contribution in [2.24, 2.45) is 0 Å². The van der Waals surface area contributed by atoms with Gasteiger partial charge in [-0.1, -0.05) is 26.2 Å². The smallest absolute Gasteiger partial charge is 0.273 e. The van der Waals surface area contributed by atoms with Crippen molar-refractivity contribution in [3.05, 3.63) is 11.9 Å². The lowest BCUT2D eigenvalue weighted by Gasteiger charge is -2.11. The van der Waals surface area contributed by atoms with Gasteiger partial charge in [-0.05, 0) is 13.3 Å². The van der Waals surface area contributed by atoms with E-state index in [0.29, 0.717) is 5.69 Å². The molecule has 0 saturated heterocycles. The van der Waals surface area contributed by atoms with Crippen molar-refractivity contribution < 1.29 is 4.79 Å². The Hall–Kier alpha value is -1.39. The fourth-order valence-electron chi connectivity index (χ4n) is 1.38. The van der Waals surface area contributed by atoms with E-state index in [1.54, 1.807) is 0 Å². The largest absolute Gasteiger partial charge is 0.348 e. The molecule has 0 aliphatic carbocycles. The van der Waals surface area contributed by atoms with Crippen molar-refractivity contribution in [2.45, 2.75) is 45.6 Å². The normalized spacial score (nSPS) is 12.4. The molecule has 0 aliphatic rings. The molecule has 1 heterocycles. The number of carbonyl (C=O) groups is 1. The number of nitrogens with zero attached hydrogens (tertiary/aromatic N) is 2. The minimum atomic E-state index is -0.159. The highest BCUT2D eigenvalue weighted by Gasteiger charge is 2.11. The average molecular weight is 210 g/mol. The Labute approximate surface area is 89.6 Å². The number of hydrogen-bond acceptors (Lipinski definition) is 3. The van der Waals surface area contributed by atoms with Gasteiger partial charge in [0.1, 0.15) is 0 Å². The van der Waals surface area contributed by atoms with Crippen molar-refractivity contribution in [2.75, 3.05) is 0 Å². The van der Waals surface area contributed by atoms with Crippen LogP contribution in [-0.4, -0.2) is 27.4 Å². The van der Waals surface area contributed by atoms with E-state index >= 15 is 0 Å². The summed E-state index contributed by atoms with van der Waals surface area (Å²) >= 11 is 0. The topological polar surface area (TPSA) is 70.7 Å². The summed E-state index contributed by atoms with van der Waals surface area (Å²) in [7, 11) is 0. The molecule has 15 heavy (non-hydrogen) atoms. The van der Waals surface area contributed by atoms with Gasteiger partial charge in [0, 0.05) is 6.04 Å². The molecular weight excluding hydrogens is 192 g/mol. The van der Waals surface area contributed by atoms with Gasteiger partial charge >= 0.3 is 0 Å². The van der Waals surface area contributed by atoms with E-state index in [2.05, 4.69) is 27.7 Å². The molecule has 0 aliphatic heterocycles. The van der Waals surface area contributed by atoms with Gasteiger partial charge in [-0.15, -0.1) is 0 Å². The summed E-state index contributed by atoms with van der Waals surface area (Å²) in [6.45, 7) is 4.17. The van der Waals surface area contributed by atoms with Crippen molar-refractivity contribution >= 4 is 5.91 Å². The Morgan fingerprint density at radius 2 is 2.40 bits per heavy atom. The van der Waals surface area contributed by atoms with Crippen LogP contribution in [0.1, 0.15) is 50.0 Å². The van der Waals surface area contributed by atoms with Gasteiger partial charge in [-0.2, -0.15) is 15.4 Å². The molecule has 1 aromatic heterocycles. The highest BCUT2D eigenvalue weighted by molar-refractivity contribution is 5.91. The third-order valence-electron chi connectivity index (χ3n) is 2.27. The molecule has 1 amide bonds. The lowest BCUT2D eigenvalue weighted by atomic mass is 10.1. The number of amides is 1. The molecule has 2 N–H and O–H groups in total. The quantitative estimate of drug-likeness (QED) is 0.699. The molecule has 1 atom stereocenters. The van der Waals surface area contributed by atoms with E-state index in [1.165, 1.54) is 19.0 Å². The second-order valence-corrected chi connectivity index (χ2v) is 3.73. The SMILES string of the molecule is CCCCCC(C)NC(=O)c1cn[nH]n1. The first-order valence-corrected chi connectivity index (χ1v) is 5.40. The lowest BCUT2D eigenvalue weighted by molar-refractivity contribution is 0.0933. The van der Waals surface area contributed by atoms with E-state index in [9.17, 15) is 4.79 Å². The Kier molecular flexibility index (Phi) is 4.80. The van der Waals surface area contributed by atoms with Gasteiger partial charge in [-0.25, -0.2) is 0 Å². The molecule has 5 heteroatoms. The summed E-state index contributed by atoms with van der Waals surface area (Å²) in [5, 5.41) is 12.6. The zero-order chi connectivity index (χ0) is 11.1. The minimum Gasteiger partial charge on any atom is -0.348 e. The van der Waals surface area contributed by atoms with Crippen LogP contribution in [0.25, 0.3) is 0 Å². The number of unbranched alkanes of at least 4 members (excludes halogenated alkanes) is 2. The molecule has 1 aromatic rings. The van der Waals surface area contributed by atoms with Gasteiger partial charge in [-0.3, -0.25) is 4.79 Å². The van der Waals surface area contributed by atoms with Crippen LogP contribution >= 0.6 is 0 Å². The number of nitrogens with one attached hydrogen (secondary N) is 2. The first-order valence-electron chi connectivity index (χ1n) is 5.40. The number of rotatable bonds is 6. The molecule has 1 unspecified atom stereocenters. The monoisotopic (exact) mass is 210 g/mol. The summed E-state index contributed by atoms with van der Waals surface area (Å²) in [5.41, 5.74) is 0.345. The Balaban J connectivity index is 2.26. The van der Waals surface area contributed by atoms with Crippen molar-refractivity contribution in [1.82, 2.24) is 20.7 Å². The van der Waals surface area contributed by atoms with Crippen molar-refractivity contribution in [3.8, 4) is 0 Å². The summed E-state index contributed by atoms with van der Waals surface area (Å²) in [4.78, 5) is 11.5. The average Bonchev–Trinajstić information content (AvgIpc) is 2.70. The third kappa shape index (κ3) is 4.10. The van der Waals surface area contributed by atoms with Crippen molar-refractivity contribution in [3.63, 3.8) is 0 Å². The third-order valence-corrected chi connectivity index (χ3v) is 2.27. The van der Waals surface area contributed by atoms with Crippen LogP contribution in [0.5, 0.6) is 0 Å². The van der Waals surface area contributed by atoms with Crippen LogP contribution in [0.2, 0.25) is 0 Å². The zero-order valence-corrected chi connectivity index (χ0v) is 9.29. The van der Waals surface area contributed by atoms with Crippen LogP contribution < -0.4 is 5.32 Å². The summed E-state index contributed by atoms with van der Waals surface area (Å²) in [6, 6.07) is 0.195. The number of hydrogen-bond donors (Lipinski definition) is 2. The number of aromatic amines is 1. The maximum Gasteiger partial charge on any atom is 0.273 e. The molecular formula is C10H18N4O. The standard InChI is InChI=1S/C10H18N4O/c1-3-4-5-6-8(2)12-10(15)9-7-11-14-13-9/h7-8H,3-6H2,1-2H3,(H,12,15)(H,11,13,14). The zero-order valence-electron chi connectivity index (χ0n) is 9.29. The molecule has 0 fully saturated rings. The van der Waals surface area contributed by atoms with Crippen LogP contribution in [0.15, 0.2) is 6.20 Å². The molecule has 1 rings (SSSR count). The molecule has 0 bridgehead atoms. The Morgan fingerprint density at radius 3 is 3.00 bits per heavy atom. The first kappa shape index (κ1) is 11.7. The van der Waals surface area contributed by atoms with Crippen molar-refractivity contribution in [1.29, 1.82) is 0 Å². The number of H-pyrrole nitrogens is 1. The molecule has 5 nitrogen and oxygen atoms in total. The van der Waals surface area contributed by atoms with Crippen LogP contribution in [-0.2, 0) is 0 Å². The van der Waals surface area contributed by atoms with Crippen LogP contribution in [0.4, 0.5) is 0 Å². The Morgan fingerprint density at radius 1 is 1.60 bits per heavy atom. The van der Waals surface area contributed by atoms with E-state index in [1.807, 2.05) is 6.92 Å². The Bertz CT molecular complexity index is 284. The molecule has 84 valence electrons. The van der Waals surface area contributed by atoms with E-state index in [-0.39, 0.29) is 11.9 Å². The summed E-state index contributed by atoms with van der Waals surface area (Å²) in [5.74, 6) is -0.159. The second-order valence-electron chi connectivity index (χ2n) is 3.73. The summed E-state index contributed by atoms with van der Waals surface area (Å²) < 4.78 is 0. The molecule has 0 radical (unpaired) electrons.